The molecule has 0 radical (unpaired) electrons. The Morgan fingerprint density at radius 1 is 1.43 bits per heavy atom. The SMILES string of the molecule is CC1(C2CC2)NC(=O)CN(Cc2ccc(F)c(Cl)c2)C1=O. The Bertz CT molecular complexity index is 618. The van der Waals surface area contributed by atoms with E-state index in [0.29, 0.717) is 5.56 Å². The van der Waals surface area contributed by atoms with Gasteiger partial charge < -0.3 is 10.2 Å². The van der Waals surface area contributed by atoms with Crippen LogP contribution >= 0.6 is 11.6 Å². The van der Waals surface area contributed by atoms with Crippen LogP contribution in [0.2, 0.25) is 5.02 Å². The average Bonchev–Trinajstić information content (AvgIpc) is 3.24. The lowest BCUT2D eigenvalue weighted by atomic mass is 9.91. The summed E-state index contributed by atoms with van der Waals surface area (Å²) in [4.78, 5) is 26.0. The highest BCUT2D eigenvalue weighted by Crippen LogP contribution is 2.41. The quantitative estimate of drug-likeness (QED) is 0.929. The van der Waals surface area contributed by atoms with Gasteiger partial charge in [0.15, 0.2) is 0 Å². The predicted octanol–water partition coefficient (Wildman–Crippen LogP) is 2.11. The molecule has 1 aromatic carbocycles. The van der Waals surface area contributed by atoms with E-state index in [1.165, 1.54) is 17.0 Å². The fourth-order valence-electron chi connectivity index (χ4n) is 2.88. The number of amides is 2. The van der Waals surface area contributed by atoms with Crippen molar-refractivity contribution in [3.05, 3.63) is 34.6 Å². The number of carbonyl (C=O) groups is 2. The van der Waals surface area contributed by atoms with Crippen molar-refractivity contribution in [3.8, 4) is 0 Å². The zero-order valence-corrected chi connectivity index (χ0v) is 12.4. The van der Waals surface area contributed by atoms with Crippen molar-refractivity contribution in [2.45, 2.75) is 31.8 Å². The van der Waals surface area contributed by atoms with Gasteiger partial charge in [0, 0.05) is 6.54 Å². The monoisotopic (exact) mass is 310 g/mol. The Hall–Kier alpha value is -1.62. The number of nitrogens with zero attached hydrogens (tertiary/aromatic N) is 1. The molecule has 2 amide bonds. The van der Waals surface area contributed by atoms with Crippen molar-refractivity contribution >= 4 is 23.4 Å². The van der Waals surface area contributed by atoms with Crippen molar-refractivity contribution in [1.82, 2.24) is 10.2 Å². The summed E-state index contributed by atoms with van der Waals surface area (Å²) in [5, 5.41) is 2.84. The molecule has 6 heteroatoms. The molecule has 112 valence electrons. The number of piperazine rings is 1. The number of carbonyl (C=O) groups excluding carboxylic acids is 2. The second-order valence-corrected chi connectivity index (χ2v) is 6.34. The third-order valence-electron chi connectivity index (χ3n) is 4.22. The molecule has 1 aliphatic carbocycles. The van der Waals surface area contributed by atoms with Crippen LogP contribution in [0.4, 0.5) is 4.39 Å². The van der Waals surface area contributed by atoms with Gasteiger partial charge in [0.25, 0.3) is 0 Å². The molecule has 4 nitrogen and oxygen atoms in total. The lowest BCUT2D eigenvalue weighted by Gasteiger charge is -2.40. The Morgan fingerprint density at radius 3 is 2.76 bits per heavy atom. The summed E-state index contributed by atoms with van der Waals surface area (Å²) in [5.41, 5.74) is -0.0957. The van der Waals surface area contributed by atoms with Crippen LogP contribution in [0.3, 0.4) is 0 Å². The standard InChI is InChI=1S/C15H16ClFN2O2/c1-15(10-3-4-10)14(21)19(8-13(20)18-15)7-9-2-5-12(17)11(16)6-9/h2,5-6,10H,3-4,7-8H2,1H3,(H,18,20). The fourth-order valence-corrected chi connectivity index (χ4v) is 3.08. The van der Waals surface area contributed by atoms with E-state index in [4.69, 9.17) is 11.6 Å². The molecule has 1 N–H and O–H groups in total. The zero-order chi connectivity index (χ0) is 15.2. The maximum Gasteiger partial charge on any atom is 0.249 e. The van der Waals surface area contributed by atoms with Gasteiger partial charge in [-0.3, -0.25) is 9.59 Å². The molecule has 1 atom stereocenters. The van der Waals surface area contributed by atoms with Crippen molar-refractivity contribution in [2.75, 3.05) is 6.54 Å². The lowest BCUT2D eigenvalue weighted by Crippen LogP contribution is -2.66. The minimum atomic E-state index is -0.806. The molecular formula is C15H16ClFN2O2. The Labute approximate surface area is 127 Å². The van der Waals surface area contributed by atoms with E-state index in [2.05, 4.69) is 5.32 Å². The van der Waals surface area contributed by atoms with Crippen LogP contribution in [0.1, 0.15) is 25.3 Å². The summed E-state index contributed by atoms with van der Waals surface area (Å²) in [6.07, 6.45) is 1.91. The average molecular weight is 311 g/mol. The predicted molar refractivity (Wildman–Crippen MR) is 76.1 cm³/mol. The highest BCUT2D eigenvalue weighted by Gasteiger charge is 2.52. The molecule has 2 aliphatic rings. The van der Waals surface area contributed by atoms with Gasteiger partial charge >= 0.3 is 0 Å². The molecule has 1 aromatic rings. The largest absolute Gasteiger partial charge is 0.340 e. The first-order chi connectivity index (χ1) is 9.90. The van der Waals surface area contributed by atoms with E-state index < -0.39 is 11.4 Å². The van der Waals surface area contributed by atoms with Crippen molar-refractivity contribution in [3.63, 3.8) is 0 Å². The molecule has 21 heavy (non-hydrogen) atoms. The van der Waals surface area contributed by atoms with Crippen LogP contribution in [-0.4, -0.2) is 28.8 Å². The summed E-state index contributed by atoms with van der Waals surface area (Å²) in [6, 6.07) is 4.34. The zero-order valence-electron chi connectivity index (χ0n) is 11.7. The highest BCUT2D eigenvalue weighted by atomic mass is 35.5. The van der Waals surface area contributed by atoms with Gasteiger partial charge in [0.2, 0.25) is 11.8 Å². The number of halogens is 2. The van der Waals surface area contributed by atoms with Gasteiger partial charge in [-0.05, 0) is 43.4 Å². The summed E-state index contributed by atoms with van der Waals surface area (Å²) in [5.74, 6) is -0.512. The molecule has 1 heterocycles. The van der Waals surface area contributed by atoms with Crippen LogP contribution in [0.15, 0.2) is 18.2 Å². The molecule has 1 saturated heterocycles. The Morgan fingerprint density at radius 2 is 2.14 bits per heavy atom. The lowest BCUT2D eigenvalue weighted by molar-refractivity contribution is -0.150. The van der Waals surface area contributed by atoms with Crippen LogP contribution in [0, 0.1) is 11.7 Å². The van der Waals surface area contributed by atoms with Crippen molar-refractivity contribution in [1.29, 1.82) is 0 Å². The third-order valence-corrected chi connectivity index (χ3v) is 4.51. The van der Waals surface area contributed by atoms with E-state index in [0.717, 1.165) is 12.8 Å². The maximum absolute atomic E-state index is 13.2. The summed E-state index contributed by atoms with van der Waals surface area (Å²) < 4.78 is 13.2. The molecular weight excluding hydrogens is 295 g/mol. The number of nitrogens with one attached hydrogen (secondary N) is 1. The van der Waals surface area contributed by atoms with E-state index in [1.54, 1.807) is 13.0 Å². The van der Waals surface area contributed by atoms with Gasteiger partial charge in [0.1, 0.15) is 11.4 Å². The smallest absolute Gasteiger partial charge is 0.249 e. The number of hydrogen-bond acceptors (Lipinski definition) is 2. The molecule has 1 saturated carbocycles. The molecule has 1 unspecified atom stereocenters. The van der Waals surface area contributed by atoms with Gasteiger partial charge in [-0.15, -0.1) is 0 Å². The van der Waals surface area contributed by atoms with Crippen molar-refractivity contribution in [2.24, 2.45) is 5.92 Å². The number of hydrogen-bond donors (Lipinski definition) is 1. The molecule has 0 spiro atoms. The maximum atomic E-state index is 13.2. The molecule has 3 rings (SSSR count). The Balaban J connectivity index is 1.82. The summed E-state index contributed by atoms with van der Waals surface area (Å²) >= 11 is 5.76. The second kappa shape index (κ2) is 4.98. The van der Waals surface area contributed by atoms with Crippen LogP contribution in [-0.2, 0) is 16.1 Å². The first-order valence-corrected chi connectivity index (χ1v) is 7.32. The second-order valence-electron chi connectivity index (χ2n) is 5.93. The minimum Gasteiger partial charge on any atom is -0.340 e. The first-order valence-electron chi connectivity index (χ1n) is 6.94. The molecule has 2 fully saturated rings. The molecule has 0 aromatic heterocycles. The summed E-state index contributed by atoms with van der Waals surface area (Å²) in [7, 11) is 0. The van der Waals surface area contributed by atoms with Gasteiger partial charge in [-0.1, -0.05) is 17.7 Å². The van der Waals surface area contributed by atoms with E-state index in [9.17, 15) is 14.0 Å². The third kappa shape index (κ3) is 2.62. The van der Waals surface area contributed by atoms with Gasteiger partial charge in [-0.2, -0.15) is 0 Å². The summed E-state index contributed by atoms with van der Waals surface area (Å²) in [6.45, 7) is 2.07. The fraction of sp³-hybridized carbons (Fsp3) is 0.467. The highest BCUT2D eigenvalue weighted by molar-refractivity contribution is 6.30. The first kappa shape index (κ1) is 14.3. The van der Waals surface area contributed by atoms with Crippen molar-refractivity contribution < 1.29 is 14.0 Å². The topological polar surface area (TPSA) is 49.4 Å². The van der Waals surface area contributed by atoms with E-state index in [-0.39, 0.29) is 35.8 Å². The van der Waals surface area contributed by atoms with E-state index >= 15 is 0 Å². The number of rotatable bonds is 3. The normalized spacial score (nSPS) is 26.0. The van der Waals surface area contributed by atoms with Gasteiger partial charge in [-0.25, -0.2) is 4.39 Å². The van der Waals surface area contributed by atoms with E-state index in [1.807, 2.05) is 0 Å². The van der Waals surface area contributed by atoms with Crippen LogP contribution in [0.25, 0.3) is 0 Å². The Kier molecular flexibility index (Phi) is 3.40. The molecule has 0 bridgehead atoms. The number of benzene rings is 1. The molecule has 1 aliphatic heterocycles. The van der Waals surface area contributed by atoms with Crippen LogP contribution in [0.5, 0.6) is 0 Å². The van der Waals surface area contributed by atoms with Crippen LogP contribution < -0.4 is 5.32 Å². The minimum absolute atomic E-state index is 0.0198. The van der Waals surface area contributed by atoms with Gasteiger partial charge in [0.05, 0.1) is 11.6 Å².